The summed E-state index contributed by atoms with van der Waals surface area (Å²) in [5.74, 6) is 0.947. The Bertz CT molecular complexity index is 307. The van der Waals surface area contributed by atoms with Crippen molar-refractivity contribution in [2.24, 2.45) is 5.92 Å². The summed E-state index contributed by atoms with van der Waals surface area (Å²) in [4.78, 5) is 0. The minimum absolute atomic E-state index is 0.0135. The number of alkyl halides is 1. The lowest BCUT2D eigenvalue weighted by Crippen LogP contribution is -2.47. The molecule has 96 valence electrons. The average molecular weight is 270 g/mol. The second-order valence-corrected chi connectivity index (χ2v) is 6.72. The highest BCUT2D eigenvalue weighted by Gasteiger charge is 2.32. The monoisotopic (exact) mass is 269 g/mol. The van der Waals surface area contributed by atoms with Crippen molar-refractivity contribution >= 4 is 21.6 Å². The molecule has 16 heavy (non-hydrogen) atoms. The standard InChI is InChI=1S/C10H20ClNO3S/c1-9-4-6-12(8-10(9)15-2)16(13,14)7-3-5-11/h9-10H,3-8H2,1-2H3. The van der Waals surface area contributed by atoms with Gasteiger partial charge < -0.3 is 4.74 Å². The summed E-state index contributed by atoms with van der Waals surface area (Å²) in [6.07, 6.45) is 1.38. The average Bonchev–Trinajstić information content (AvgIpc) is 2.27. The van der Waals surface area contributed by atoms with Crippen molar-refractivity contribution in [3.05, 3.63) is 0 Å². The van der Waals surface area contributed by atoms with Crippen LogP contribution in [-0.2, 0) is 14.8 Å². The highest BCUT2D eigenvalue weighted by Crippen LogP contribution is 2.22. The van der Waals surface area contributed by atoms with Gasteiger partial charge in [-0.3, -0.25) is 0 Å². The number of hydrogen-bond acceptors (Lipinski definition) is 3. The number of sulfonamides is 1. The van der Waals surface area contributed by atoms with E-state index in [4.69, 9.17) is 16.3 Å². The summed E-state index contributed by atoms with van der Waals surface area (Å²) < 4.78 is 30.7. The number of nitrogens with zero attached hydrogens (tertiary/aromatic N) is 1. The Morgan fingerprint density at radius 3 is 2.75 bits per heavy atom. The van der Waals surface area contributed by atoms with Gasteiger partial charge in [-0.2, -0.15) is 4.31 Å². The van der Waals surface area contributed by atoms with E-state index >= 15 is 0 Å². The zero-order valence-corrected chi connectivity index (χ0v) is 11.4. The SMILES string of the molecule is COC1CN(S(=O)(=O)CCCCl)CCC1C. The first kappa shape index (κ1) is 14.2. The second-order valence-electron chi connectivity index (χ2n) is 4.26. The summed E-state index contributed by atoms with van der Waals surface area (Å²) in [7, 11) is -1.51. The maximum absolute atomic E-state index is 11.9. The summed E-state index contributed by atoms with van der Waals surface area (Å²) >= 11 is 5.52. The van der Waals surface area contributed by atoms with Crippen molar-refractivity contribution in [3.63, 3.8) is 0 Å². The van der Waals surface area contributed by atoms with Crippen molar-refractivity contribution in [1.29, 1.82) is 0 Å². The quantitative estimate of drug-likeness (QED) is 0.707. The van der Waals surface area contributed by atoms with Gasteiger partial charge in [-0.25, -0.2) is 8.42 Å². The fourth-order valence-corrected chi connectivity index (χ4v) is 3.75. The molecule has 0 aromatic heterocycles. The molecule has 0 saturated carbocycles. The van der Waals surface area contributed by atoms with Gasteiger partial charge in [0.05, 0.1) is 11.9 Å². The Kier molecular flexibility index (Phi) is 5.50. The molecule has 1 saturated heterocycles. The summed E-state index contributed by atoms with van der Waals surface area (Å²) in [6, 6.07) is 0. The molecule has 2 atom stereocenters. The number of rotatable bonds is 5. The van der Waals surface area contributed by atoms with E-state index in [1.807, 2.05) is 0 Å². The molecule has 4 nitrogen and oxygen atoms in total. The normalized spacial score (nSPS) is 28.2. The van der Waals surface area contributed by atoms with E-state index in [0.29, 0.717) is 31.3 Å². The Morgan fingerprint density at radius 2 is 2.19 bits per heavy atom. The maximum Gasteiger partial charge on any atom is 0.214 e. The minimum Gasteiger partial charge on any atom is -0.380 e. The van der Waals surface area contributed by atoms with Crippen LogP contribution in [0.4, 0.5) is 0 Å². The largest absolute Gasteiger partial charge is 0.380 e. The van der Waals surface area contributed by atoms with Crippen molar-refractivity contribution in [2.45, 2.75) is 25.9 Å². The van der Waals surface area contributed by atoms with Crippen LogP contribution in [0.1, 0.15) is 19.8 Å². The molecule has 0 aromatic rings. The number of hydrogen-bond donors (Lipinski definition) is 0. The summed E-state index contributed by atoms with van der Waals surface area (Å²) in [5, 5.41) is 0. The van der Waals surface area contributed by atoms with E-state index in [0.717, 1.165) is 6.42 Å². The van der Waals surface area contributed by atoms with Gasteiger partial charge in [-0.1, -0.05) is 6.92 Å². The van der Waals surface area contributed by atoms with E-state index in [1.54, 1.807) is 7.11 Å². The third kappa shape index (κ3) is 3.58. The molecular formula is C10H20ClNO3S. The van der Waals surface area contributed by atoms with E-state index in [2.05, 4.69) is 6.92 Å². The number of piperidine rings is 1. The van der Waals surface area contributed by atoms with Crippen LogP contribution in [0.3, 0.4) is 0 Å². The van der Waals surface area contributed by atoms with E-state index < -0.39 is 10.0 Å². The Morgan fingerprint density at radius 1 is 1.50 bits per heavy atom. The molecule has 0 spiro atoms. The maximum atomic E-state index is 11.9. The van der Waals surface area contributed by atoms with Crippen molar-refractivity contribution in [3.8, 4) is 0 Å². The van der Waals surface area contributed by atoms with Gasteiger partial charge in [-0.15, -0.1) is 11.6 Å². The van der Waals surface area contributed by atoms with Crippen LogP contribution in [0, 0.1) is 5.92 Å². The molecule has 0 aliphatic carbocycles. The van der Waals surface area contributed by atoms with Crippen molar-refractivity contribution < 1.29 is 13.2 Å². The number of halogens is 1. The van der Waals surface area contributed by atoms with Crippen molar-refractivity contribution in [1.82, 2.24) is 4.31 Å². The Labute approximate surface area is 103 Å². The molecule has 1 rings (SSSR count). The summed E-state index contributed by atoms with van der Waals surface area (Å²) in [6.45, 7) is 3.17. The molecule has 0 amide bonds. The molecular weight excluding hydrogens is 250 g/mol. The smallest absolute Gasteiger partial charge is 0.214 e. The predicted molar refractivity (Wildman–Crippen MR) is 65.3 cm³/mol. The van der Waals surface area contributed by atoms with Crippen LogP contribution in [0.25, 0.3) is 0 Å². The molecule has 6 heteroatoms. The van der Waals surface area contributed by atoms with Crippen LogP contribution in [-0.4, -0.2) is 50.7 Å². The van der Waals surface area contributed by atoms with Crippen LogP contribution >= 0.6 is 11.6 Å². The zero-order chi connectivity index (χ0) is 12.2. The zero-order valence-electron chi connectivity index (χ0n) is 9.86. The third-order valence-electron chi connectivity index (χ3n) is 3.08. The Hall–Kier alpha value is 0.160. The molecule has 0 N–H and O–H groups in total. The second kappa shape index (κ2) is 6.19. The first-order valence-corrected chi connectivity index (χ1v) is 7.72. The number of ether oxygens (including phenoxy) is 1. The van der Waals surface area contributed by atoms with Crippen LogP contribution < -0.4 is 0 Å². The molecule has 1 aliphatic rings. The lowest BCUT2D eigenvalue weighted by Gasteiger charge is -2.35. The highest BCUT2D eigenvalue weighted by molar-refractivity contribution is 7.89. The topological polar surface area (TPSA) is 46.6 Å². The first-order valence-electron chi connectivity index (χ1n) is 5.58. The van der Waals surface area contributed by atoms with Crippen LogP contribution in [0.15, 0.2) is 0 Å². The Balaban J connectivity index is 2.60. The van der Waals surface area contributed by atoms with Gasteiger partial charge in [0, 0.05) is 26.1 Å². The van der Waals surface area contributed by atoms with Crippen LogP contribution in [0.2, 0.25) is 0 Å². The third-order valence-corrected chi connectivity index (χ3v) is 5.27. The van der Waals surface area contributed by atoms with E-state index in [1.165, 1.54) is 4.31 Å². The van der Waals surface area contributed by atoms with Gasteiger partial charge >= 0.3 is 0 Å². The minimum atomic E-state index is -3.14. The van der Waals surface area contributed by atoms with Crippen LogP contribution in [0.5, 0.6) is 0 Å². The fourth-order valence-electron chi connectivity index (χ4n) is 1.93. The van der Waals surface area contributed by atoms with Gasteiger partial charge in [0.1, 0.15) is 0 Å². The van der Waals surface area contributed by atoms with Gasteiger partial charge in [-0.05, 0) is 18.8 Å². The van der Waals surface area contributed by atoms with Gasteiger partial charge in [0.2, 0.25) is 10.0 Å². The molecule has 0 radical (unpaired) electrons. The van der Waals surface area contributed by atoms with Crippen molar-refractivity contribution in [2.75, 3.05) is 31.8 Å². The highest BCUT2D eigenvalue weighted by atomic mass is 35.5. The first-order chi connectivity index (χ1) is 7.51. The molecule has 1 heterocycles. The lowest BCUT2D eigenvalue weighted by atomic mass is 9.97. The molecule has 2 unspecified atom stereocenters. The van der Waals surface area contributed by atoms with Gasteiger partial charge in [0.15, 0.2) is 0 Å². The fraction of sp³-hybridized carbons (Fsp3) is 1.00. The molecule has 0 bridgehead atoms. The predicted octanol–water partition coefficient (Wildman–Crippen LogP) is 1.30. The van der Waals surface area contributed by atoms with Gasteiger partial charge in [0.25, 0.3) is 0 Å². The number of methoxy groups -OCH3 is 1. The lowest BCUT2D eigenvalue weighted by molar-refractivity contribution is 0.0184. The summed E-state index contributed by atoms with van der Waals surface area (Å²) in [5.41, 5.74) is 0. The molecule has 1 aliphatic heterocycles. The van der Waals surface area contributed by atoms with E-state index in [-0.39, 0.29) is 11.9 Å². The molecule has 1 fully saturated rings. The van der Waals surface area contributed by atoms with E-state index in [9.17, 15) is 8.42 Å². The molecule has 0 aromatic carbocycles.